The van der Waals surface area contributed by atoms with Gasteiger partial charge in [-0.15, -0.1) is 10.2 Å². The lowest BCUT2D eigenvalue weighted by molar-refractivity contribution is 0.122. The second-order valence-corrected chi connectivity index (χ2v) is 4.57. The van der Waals surface area contributed by atoms with Crippen molar-refractivity contribution in [1.82, 2.24) is 15.5 Å². The second-order valence-electron chi connectivity index (χ2n) is 4.57. The summed E-state index contributed by atoms with van der Waals surface area (Å²) in [5, 5.41) is 11.5. The van der Waals surface area contributed by atoms with Crippen LogP contribution >= 0.6 is 0 Å². The first-order chi connectivity index (χ1) is 8.29. The maximum absolute atomic E-state index is 5.67. The van der Waals surface area contributed by atoms with E-state index in [-0.39, 0.29) is 0 Å². The third kappa shape index (κ3) is 3.51. The molecule has 2 rings (SSSR count). The van der Waals surface area contributed by atoms with Gasteiger partial charge in [-0.05, 0) is 32.9 Å². The van der Waals surface area contributed by atoms with E-state index in [1.807, 2.05) is 0 Å². The summed E-state index contributed by atoms with van der Waals surface area (Å²) in [6.07, 6.45) is 3.18. The summed E-state index contributed by atoms with van der Waals surface area (Å²) in [6, 6.07) is 0. The Labute approximate surface area is 102 Å². The lowest BCUT2D eigenvalue weighted by atomic mass is 10.1. The van der Waals surface area contributed by atoms with Crippen molar-refractivity contribution in [2.24, 2.45) is 0 Å². The van der Waals surface area contributed by atoms with Crippen LogP contribution in [0.4, 0.5) is 0 Å². The van der Waals surface area contributed by atoms with Gasteiger partial charge in [0.2, 0.25) is 11.8 Å². The summed E-state index contributed by atoms with van der Waals surface area (Å²) in [5.41, 5.74) is 0. The molecule has 5 nitrogen and oxygen atoms in total. The highest BCUT2D eigenvalue weighted by atomic mass is 16.5. The molecule has 96 valence electrons. The van der Waals surface area contributed by atoms with Crippen LogP contribution < -0.4 is 5.32 Å². The van der Waals surface area contributed by atoms with Crippen molar-refractivity contribution in [2.75, 3.05) is 19.7 Å². The van der Waals surface area contributed by atoms with E-state index in [1.165, 1.54) is 0 Å². The van der Waals surface area contributed by atoms with E-state index in [9.17, 15) is 0 Å². The van der Waals surface area contributed by atoms with Gasteiger partial charge in [-0.2, -0.15) is 0 Å². The third-order valence-electron chi connectivity index (χ3n) is 3.02. The SMILES string of the molecule is CCNCCCc1nnc(C2COC(C)C2)o1. The zero-order valence-electron chi connectivity index (χ0n) is 10.6. The van der Waals surface area contributed by atoms with Crippen LogP contribution in [0.15, 0.2) is 4.42 Å². The van der Waals surface area contributed by atoms with Gasteiger partial charge < -0.3 is 14.5 Å². The molecule has 2 heterocycles. The highest BCUT2D eigenvalue weighted by Crippen LogP contribution is 2.28. The van der Waals surface area contributed by atoms with Crippen molar-refractivity contribution in [3.63, 3.8) is 0 Å². The molecular weight excluding hydrogens is 218 g/mol. The van der Waals surface area contributed by atoms with Gasteiger partial charge >= 0.3 is 0 Å². The first-order valence-electron chi connectivity index (χ1n) is 6.44. The molecule has 1 N–H and O–H groups in total. The monoisotopic (exact) mass is 239 g/mol. The molecule has 1 aliphatic heterocycles. The molecule has 17 heavy (non-hydrogen) atoms. The van der Waals surface area contributed by atoms with Crippen molar-refractivity contribution in [3.05, 3.63) is 11.8 Å². The molecule has 2 unspecified atom stereocenters. The molecule has 2 atom stereocenters. The molecule has 0 aromatic carbocycles. The zero-order valence-corrected chi connectivity index (χ0v) is 10.6. The third-order valence-corrected chi connectivity index (χ3v) is 3.02. The summed E-state index contributed by atoms with van der Waals surface area (Å²) < 4.78 is 11.2. The first-order valence-corrected chi connectivity index (χ1v) is 6.44. The quantitative estimate of drug-likeness (QED) is 0.762. The summed E-state index contributed by atoms with van der Waals surface area (Å²) in [4.78, 5) is 0. The van der Waals surface area contributed by atoms with Gasteiger partial charge in [0.05, 0.1) is 18.6 Å². The van der Waals surface area contributed by atoms with E-state index in [0.717, 1.165) is 44.1 Å². The molecule has 0 radical (unpaired) electrons. The Morgan fingerprint density at radius 1 is 1.41 bits per heavy atom. The van der Waals surface area contributed by atoms with Crippen LogP contribution in [-0.2, 0) is 11.2 Å². The number of hydrogen-bond acceptors (Lipinski definition) is 5. The largest absolute Gasteiger partial charge is 0.425 e. The van der Waals surface area contributed by atoms with Crippen molar-refractivity contribution in [2.45, 2.75) is 45.1 Å². The van der Waals surface area contributed by atoms with Crippen molar-refractivity contribution < 1.29 is 9.15 Å². The minimum Gasteiger partial charge on any atom is -0.425 e. The predicted octanol–water partition coefficient (Wildman–Crippen LogP) is 1.50. The maximum Gasteiger partial charge on any atom is 0.222 e. The average molecular weight is 239 g/mol. The van der Waals surface area contributed by atoms with Crippen molar-refractivity contribution >= 4 is 0 Å². The van der Waals surface area contributed by atoms with E-state index in [4.69, 9.17) is 9.15 Å². The van der Waals surface area contributed by atoms with Crippen LogP contribution in [0.2, 0.25) is 0 Å². The minimum atomic E-state index is 0.292. The number of ether oxygens (including phenoxy) is 1. The predicted molar refractivity (Wildman–Crippen MR) is 63.9 cm³/mol. The number of nitrogens with zero attached hydrogens (tertiary/aromatic N) is 2. The number of hydrogen-bond donors (Lipinski definition) is 1. The van der Waals surface area contributed by atoms with E-state index >= 15 is 0 Å². The number of rotatable bonds is 6. The fraction of sp³-hybridized carbons (Fsp3) is 0.833. The highest BCUT2D eigenvalue weighted by Gasteiger charge is 2.27. The van der Waals surface area contributed by atoms with Crippen LogP contribution in [-0.4, -0.2) is 36.0 Å². The highest BCUT2D eigenvalue weighted by molar-refractivity contribution is 4.95. The van der Waals surface area contributed by atoms with Gasteiger partial charge in [0.15, 0.2) is 0 Å². The van der Waals surface area contributed by atoms with Crippen LogP contribution in [0.1, 0.15) is 44.4 Å². The molecule has 0 spiro atoms. The van der Waals surface area contributed by atoms with Crippen LogP contribution in [0, 0.1) is 0 Å². The molecular formula is C12H21N3O2. The van der Waals surface area contributed by atoms with Crippen molar-refractivity contribution in [1.29, 1.82) is 0 Å². The van der Waals surface area contributed by atoms with E-state index in [1.54, 1.807) is 0 Å². The summed E-state index contributed by atoms with van der Waals surface area (Å²) >= 11 is 0. The molecule has 0 amide bonds. The topological polar surface area (TPSA) is 60.2 Å². The van der Waals surface area contributed by atoms with Crippen LogP contribution in [0.5, 0.6) is 0 Å². The van der Waals surface area contributed by atoms with Crippen LogP contribution in [0.25, 0.3) is 0 Å². The van der Waals surface area contributed by atoms with Gasteiger partial charge in [0.25, 0.3) is 0 Å². The summed E-state index contributed by atoms with van der Waals surface area (Å²) in [5.74, 6) is 1.78. The molecule has 1 aromatic rings. The Bertz CT molecular complexity index is 340. The zero-order chi connectivity index (χ0) is 12.1. The van der Waals surface area contributed by atoms with E-state index in [0.29, 0.717) is 18.6 Å². The van der Waals surface area contributed by atoms with Gasteiger partial charge in [-0.3, -0.25) is 0 Å². The molecule has 0 aliphatic carbocycles. The minimum absolute atomic E-state index is 0.292. The normalized spacial score (nSPS) is 24.4. The lowest BCUT2D eigenvalue weighted by Crippen LogP contribution is -2.14. The summed E-state index contributed by atoms with van der Waals surface area (Å²) in [7, 11) is 0. The van der Waals surface area contributed by atoms with Gasteiger partial charge in [-0.1, -0.05) is 6.92 Å². The van der Waals surface area contributed by atoms with Gasteiger partial charge in [0, 0.05) is 6.42 Å². The first kappa shape index (κ1) is 12.5. The number of aryl methyl sites for hydroxylation is 1. The Kier molecular flexibility index (Phi) is 4.50. The van der Waals surface area contributed by atoms with E-state index in [2.05, 4.69) is 29.4 Å². The Morgan fingerprint density at radius 3 is 3.00 bits per heavy atom. The smallest absolute Gasteiger partial charge is 0.222 e. The van der Waals surface area contributed by atoms with Crippen LogP contribution in [0.3, 0.4) is 0 Å². The second kappa shape index (κ2) is 6.12. The van der Waals surface area contributed by atoms with E-state index < -0.39 is 0 Å². The molecule has 5 heteroatoms. The Morgan fingerprint density at radius 2 is 2.29 bits per heavy atom. The number of nitrogens with one attached hydrogen (secondary N) is 1. The van der Waals surface area contributed by atoms with Gasteiger partial charge in [-0.25, -0.2) is 0 Å². The Balaban J connectivity index is 1.79. The number of aromatic nitrogens is 2. The van der Waals surface area contributed by atoms with Gasteiger partial charge in [0.1, 0.15) is 0 Å². The molecule has 1 fully saturated rings. The molecule has 0 saturated carbocycles. The maximum atomic E-state index is 5.67. The molecule has 0 bridgehead atoms. The average Bonchev–Trinajstić information content (AvgIpc) is 2.93. The summed E-state index contributed by atoms with van der Waals surface area (Å²) in [6.45, 7) is 6.89. The lowest BCUT2D eigenvalue weighted by Gasteiger charge is -2.00. The molecule has 1 aromatic heterocycles. The fourth-order valence-corrected chi connectivity index (χ4v) is 2.06. The molecule has 1 saturated heterocycles. The fourth-order valence-electron chi connectivity index (χ4n) is 2.06. The van der Waals surface area contributed by atoms with Crippen molar-refractivity contribution in [3.8, 4) is 0 Å². The molecule has 1 aliphatic rings. The standard InChI is InChI=1S/C12H21N3O2/c1-3-13-6-4-5-11-14-15-12(17-11)10-7-9(2)16-8-10/h9-10,13H,3-8H2,1-2H3. The Hall–Kier alpha value is -0.940.